The molecule has 0 atom stereocenters. The van der Waals surface area contributed by atoms with Crippen molar-refractivity contribution in [2.24, 2.45) is 0 Å². The van der Waals surface area contributed by atoms with Crippen LogP contribution >= 0.6 is 0 Å². The highest BCUT2D eigenvalue weighted by Crippen LogP contribution is 2.03. The first-order valence-corrected chi connectivity index (χ1v) is 5.36. The maximum absolute atomic E-state index is 11.3. The second kappa shape index (κ2) is 6.98. The largest absolute Gasteiger partial charge is 0.392 e. The van der Waals surface area contributed by atoms with Gasteiger partial charge in [0, 0.05) is 19.5 Å². The number of carbonyl (C=O) groups excluding carboxylic acids is 1. The van der Waals surface area contributed by atoms with Gasteiger partial charge >= 0.3 is 0 Å². The molecule has 0 saturated carbocycles. The topological polar surface area (TPSA) is 61.4 Å². The number of benzene rings is 1. The van der Waals surface area contributed by atoms with Crippen molar-refractivity contribution < 1.29 is 9.90 Å². The predicted molar refractivity (Wildman–Crippen MR) is 62.8 cm³/mol. The maximum Gasteiger partial charge on any atom is 0.221 e. The van der Waals surface area contributed by atoms with Crippen LogP contribution in [0, 0.1) is 0 Å². The van der Waals surface area contributed by atoms with Gasteiger partial charge in [-0.05, 0) is 18.2 Å². The molecule has 16 heavy (non-hydrogen) atoms. The summed E-state index contributed by atoms with van der Waals surface area (Å²) in [6, 6.07) is 7.53. The Hall–Kier alpha value is -1.39. The Morgan fingerprint density at radius 2 is 1.88 bits per heavy atom. The molecule has 1 amide bonds. The fourth-order valence-electron chi connectivity index (χ4n) is 1.29. The van der Waals surface area contributed by atoms with Gasteiger partial charge in [-0.2, -0.15) is 0 Å². The molecule has 0 spiro atoms. The molecule has 4 heteroatoms. The van der Waals surface area contributed by atoms with Gasteiger partial charge in [-0.1, -0.05) is 24.3 Å². The van der Waals surface area contributed by atoms with E-state index in [9.17, 15) is 4.79 Å². The molecule has 0 aromatic heterocycles. The van der Waals surface area contributed by atoms with E-state index >= 15 is 0 Å². The van der Waals surface area contributed by atoms with Gasteiger partial charge in [-0.25, -0.2) is 0 Å². The third-order valence-electron chi connectivity index (χ3n) is 2.30. The summed E-state index contributed by atoms with van der Waals surface area (Å²) in [7, 11) is 1.82. The van der Waals surface area contributed by atoms with Crippen molar-refractivity contribution in [1.82, 2.24) is 10.6 Å². The maximum atomic E-state index is 11.3. The van der Waals surface area contributed by atoms with E-state index in [2.05, 4.69) is 10.6 Å². The van der Waals surface area contributed by atoms with Crippen LogP contribution in [0.5, 0.6) is 0 Å². The summed E-state index contributed by atoms with van der Waals surface area (Å²) in [5, 5.41) is 14.6. The van der Waals surface area contributed by atoms with E-state index in [1.54, 1.807) is 0 Å². The second-order valence-electron chi connectivity index (χ2n) is 3.60. The van der Waals surface area contributed by atoms with Crippen LogP contribution in [-0.2, 0) is 17.9 Å². The normalized spacial score (nSPS) is 10.1. The van der Waals surface area contributed by atoms with Crippen molar-refractivity contribution in [3.63, 3.8) is 0 Å². The molecular weight excluding hydrogens is 204 g/mol. The van der Waals surface area contributed by atoms with Crippen LogP contribution in [0.3, 0.4) is 0 Å². The van der Waals surface area contributed by atoms with E-state index in [4.69, 9.17) is 5.11 Å². The van der Waals surface area contributed by atoms with Crippen LogP contribution in [0.4, 0.5) is 0 Å². The van der Waals surface area contributed by atoms with Crippen molar-refractivity contribution >= 4 is 5.91 Å². The van der Waals surface area contributed by atoms with Crippen LogP contribution < -0.4 is 10.6 Å². The van der Waals surface area contributed by atoms with Crippen molar-refractivity contribution in [1.29, 1.82) is 0 Å². The van der Waals surface area contributed by atoms with E-state index < -0.39 is 0 Å². The Kier molecular flexibility index (Phi) is 5.53. The van der Waals surface area contributed by atoms with Crippen LogP contribution in [0.15, 0.2) is 24.3 Å². The summed E-state index contributed by atoms with van der Waals surface area (Å²) in [5.74, 6) is 0.0422. The third kappa shape index (κ3) is 4.42. The van der Waals surface area contributed by atoms with E-state index in [0.717, 1.165) is 11.1 Å². The average molecular weight is 222 g/mol. The number of aliphatic hydroxyl groups excluding tert-OH is 1. The molecule has 0 aliphatic heterocycles. The van der Waals surface area contributed by atoms with Gasteiger partial charge in [-0.15, -0.1) is 0 Å². The van der Waals surface area contributed by atoms with Crippen LogP contribution in [0.2, 0.25) is 0 Å². The number of carbonyl (C=O) groups is 1. The lowest BCUT2D eigenvalue weighted by Crippen LogP contribution is -2.26. The molecule has 0 radical (unpaired) electrons. The summed E-state index contributed by atoms with van der Waals surface area (Å²) in [6.07, 6.45) is 0.491. The van der Waals surface area contributed by atoms with Crippen molar-refractivity contribution in [2.45, 2.75) is 19.6 Å². The van der Waals surface area contributed by atoms with Crippen LogP contribution in [-0.4, -0.2) is 24.6 Å². The summed E-state index contributed by atoms with van der Waals surface area (Å²) in [6.45, 7) is 1.28. The molecule has 1 rings (SSSR count). The molecule has 0 bridgehead atoms. The molecule has 4 nitrogen and oxygen atoms in total. The second-order valence-corrected chi connectivity index (χ2v) is 3.60. The molecule has 0 saturated heterocycles. The fourth-order valence-corrected chi connectivity index (χ4v) is 1.29. The van der Waals surface area contributed by atoms with Crippen LogP contribution in [0.1, 0.15) is 17.5 Å². The van der Waals surface area contributed by atoms with E-state index in [1.807, 2.05) is 31.3 Å². The van der Waals surface area contributed by atoms with Crippen LogP contribution in [0.25, 0.3) is 0 Å². The fraction of sp³-hybridized carbons (Fsp3) is 0.417. The highest BCUT2D eigenvalue weighted by molar-refractivity contribution is 5.76. The van der Waals surface area contributed by atoms with E-state index in [0.29, 0.717) is 19.5 Å². The molecule has 1 aromatic carbocycles. The number of rotatable bonds is 6. The lowest BCUT2D eigenvalue weighted by molar-refractivity contribution is -0.121. The Labute approximate surface area is 95.7 Å². The molecule has 88 valence electrons. The minimum absolute atomic E-state index is 0.0422. The molecule has 0 aliphatic carbocycles. The number of hydrogen-bond acceptors (Lipinski definition) is 3. The van der Waals surface area contributed by atoms with Gasteiger partial charge in [0.1, 0.15) is 0 Å². The van der Waals surface area contributed by atoms with Crippen molar-refractivity contribution in [2.75, 3.05) is 13.6 Å². The van der Waals surface area contributed by atoms with Gasteiger partial charge in [0.2, 0.25) is 5.91 Å². The summed E-state index contributed by atoms with van der Waals surface area (Å²) in [4.78, 5) is 11.3. The number of nitrogens with one attached hydrogen (secondary N) is 2. The van der Waals surface area contributed by atoms with Gasteiger partial charge < -0.3 is 15.7 Å². The van der Waals surface area contributed by atoms with E-state index in [1.165, 1.54) is 0 Å². The minimum Gasteiger partial charge on any atom is -0.392 e. The van der Waals surface area contributed by atoms with Gasteiger partial charge in [0.15, 0.2) is 0 Å². The lowest BCUT2D eigenvalue weighted by atomic mass is 10.1. The summed E-state index contributed by atoms with van der Waals surface area (Å²) >= 11 is 0. The zero-order chi connectivity index (χ0) is 11.8. The van der Waals surface area contributed by atoms with Gasteiger partial charge in [0.25, 0.3) is 0 Å². The standard InChI is InChI=1S/C12H18N2O2/c1-13-7-6-12(16)14-8-10-2-4-11(9-15)5-3-10/h2-5,13,15H,6-9H2,1H3,(H,14,16). The third-order valence-corrected chi connectivity index (χ3v) is 2.30. The first-order chi connectivity index (χ1) is 7.76. The monoisotopic (exact) mass is 222 g/mol. The lowest BCUT2D eigenvalue weighted by Gasteiger charge is -2.05. The molecule has 0 unspecified atom stereocenters. The highest BCUT2D eigenvalue weighted by atomic mass is 16.3. The average Bonchev–Trinajstić information content (AvgIpc) is 2.34. The molecule has 1 aromatic rings. The molecule has 0 aliphatic rings. The van der Waals surface area contributed by atoms with Crippen molar-refractivity contribution in [3.8, 4) is 0 Å². The van der Waals surface area contributed by atoms with Gasteiger partial charge in [-0.3, -0.25) is 4.79 Å². The van der Waals surface area contributed by atoms with Gasteiger partial charge in [0.05, 0.1) is 6.61 Å². The SMILES string of the molecule is CNCCC(=O)NCc1ccc(CO)cc1. The Morgan fingerprint density at radius 1 is 1.25 bits per heavy atom. The minimum atomic E-state index is 0.0422. The quantitative estimate of drug-likeness (QED) is 0.653. The first-order valence-electron chi connectivity index (χ1n) is 5.36. The first kappa shape index (κ1) is 12.7. The zero-order valence-corrected chi connectivity index (χ0v) is 9.49. The summed E-state index contributed by atoms with van der Waals surface area (Å²) in [5.41, 5.74) is 1.92. The Morgan fingerprint density at radius 3 is 2.44 bits per heavy atom. The Balaban J connectivity index is 2.33. The number of hydrogen-bond donors (Lipinski definition) is 3. The Bertz CT molecular complexity index is 322. The summed E-state index contributed by atoms with van der Waals surface area (Å²) < 4.78 is 0. The number of amides is 1. The number of aliphatic hydroxyl groups is 1. The molecule has 3 N–H and O–H groups in total. The highest BCUT2D eigenvalue weighted by Gasteiger charge is 2.00. The molecule has 0 fully saturated rings. The zero-order valence-electron chi connectivity index (χ0n) is 9.49. The molecule has 0 heterocycles. The molecular formula is C12H18N2O2. The van der Waals surface area contributed by atoms with Crippen molar-refractivity contribution in [3.05, 3.63) is 35.4 Å². The smallest absolute Gasteiger partial charge is 0.221 e. The predicted octanol–water partition coefficient (Wildman–Crippen LogP) is 0.405. The van der Waals surface area contributed by atoms with E-state index in [-0.39, 0.29) is 12.5 Å².